The molecule has 0 spiro atoms. The lowest BCUT2D eigenvalue weighted by Gasteiger charge is -2.36. The van der Waals surface area contributed by atoms with Gasteiger partial charge in [0.2, 0.25) is 0 Å². The molecule has 0 N–H and O–H groups in total. The van der Waals surface area contributed by atoms with Gasteiger partial charge in [-0.05, 0) is 48.9 Å². The number of aliphatic imine (C=N–C) groups is 1. The van der Waals surface area contributed by atoms with E-state index in [0.29, 0.717) is 40.8 Å². The van der Waals surface area contributed by atoms with E-state index < -0.39 is 11.8 Å². The van der Waals surface area contributed by atoms with Crippen molar-refractivity contribution in [1.29, 1.82) is 0 Å². The number of benzene rings is 2. The number of hydrogen-bond acceptors (Lipinski definition) is 4. The van der Waals surface area contributed by atoms with E-state index in [9.17, 15) is 9.59 Å². The number of rotatable bonds is 6. The lowest BCUT2D eigenvalue weighted by molar-refractivity contribution is -0.146. The quantitative estimate of drug-likeness (QED) is 0.331. The van der Waals surface area contributed by atoms with Crippen molar-refractivity contribution in [3.63, 3.8) is 0 Å². The van der Waals surface area contributed by atoms with E-state index >= 15 is 0 Å². The maximum atomic E-state index is 13.5. The van der Waals surface area contributed by atoms with Crippen molar-refractivity contribution in [1.82, 2.24) is 0 Å². The first-order valence-corrected chi connectivity index (χ1v) is 12.1. The second-order valence-corrected chi connectivity index (χ2v) is 9.52. The third-order valence-corrected chi connectivity index (χ3v) is 7.20. The Morgan fingerprint density at radius 2 is 1.82 bits per heavy atom. The van der Waals surface area contributed by atoms with Crippen molar-refractivity contribution in [2.45, 2.75) is 51.4 Å². The minimum Gasteiger partial charge on any atom is -0.465 e. The van der Waals surface area contributed by atoms with Gasteiger partial charge in [0.05, 0.1) is 16.7 Å². The second-order valence-electron chi connectivity index (χ2n) is 8.70. The predicted molar refractivity (Wildman–Crippen MR) is 132 cm³/mol. The molecule has 6 heteroatoms. The number of hydrogen-bond donors (Lipinski definition) is 0. The fourth-order valence-electron chi connectivity index (χ4n) is 4.80. The molecule has 0 saturated carbocycles. The Labute approximate surface area is 204 Å². The zero-order valence-electron chi connectivity index (χ0n) is 18.8. The Morgan fingerprint density at radius 1 is 1.06 bits per heavy atom. The fourth-order valence-corrected chi connectivity index (χ4v) is 5.11. The van der Waals surface area contributed by atoms with Crippen LogP contribution >= 0.6 is 23.2 Å². The molecule has 33 heavy (non-hydrogen) atoms. The summed E-state index contributed by atoms with van der Waals surface area (Å²) in [4.78, 5) is 31.5. The molecule has 1 aliphatic heterocycles. The minimum atomic E-state index is -0.671. The number of carbonyl (C=O) groups excluding carboxylic acids is 2. The number of unbranched alkanes of at least 4 members (excludes halogenated alkanes) is 1. The van der Waals surface area contributed by atoms with Crippen molar-refractivity contribution in [3.05, 3.63) is 81.0 Å². The highest BCUT2D eigenvalue weighted by atomic mass is 35.5. The molecule has 2 aromatic rings. The van der Waals surface area contributed by atoms with Gasteiger partial charge in [-0.25, -0.2) is 0 Å². The van der Waals surface area contributed by atoms with Crippen LogP contribution in [-0.4, -0.2) is 24.1 Å². The van der Waals surface area contributed by atoms with E-state index in [4.69, 9.17) is 32.9 Å². The molecular formula is C27H27Cl2NO3. The van der Waals surface area contributed by atoms with Gasteiger partial charge in [-0.1, -0.05) is 72.9 Å². The predicted octanol–water partition coefficient (Wildman–Crippen LogP) is 6.91. The number of nitrogens with zero attached hydrogens (tertiary/aromatic N) is 1. The Kier molecular flexibility index (Phi) is 7.35. The van der Waals surface area contributed by atoms with Crippen LogP contribution in [-0.2, 0) is 14.3 Å². The third-order valence-electron chi connectivity index (χ3n) is 6.46. The van der Waals surface area contributed by atoms with Crippen LogP contribution in [0.3, 0.4) is 0 Å². The summed E-state index contributed by atoms with van der Waals surface area (Å²) in [6, 6.07) is 15.3. The van der Waals surface area contributed by atoms with Crippen molar-refractivity contribution >= 4 is 40.7 Å². The molecule has 4 rings (SSSR count). The van der Waals surface area contributed by atoms with E-state index in [1.807, 2.05) is 50.2 Å². The van der Waals surface area contributed by atoms with Crippen molar-refractivity contribution in [2.75, 3.05) is 6.61 Å². The van der Waals surface area contributed by atoms with Gasteiger partial charge in [0.15, 0.2) is 5.78 Å². The first-order valence-electron chi connectivity index (χ1n) is 11.4. The van der Waals surface area contributed by atoms with Gasteiger partial charge in [0.25, 0.3) is 0 Å². The zero-order chi connectivity index (χ0) is 23.5. The zero-order valence-corrected chi connectivity index (χ0v) is 20.3. The smallest absolute Gasteiger partial charge is 0.315 e. The van der Waals surface area contributed by atoms with E-state index in [1.165, 1.54) is 0 Å². The lowest BCUT2D eigenvalue weighted by atomic mass is 9.69. The van der Waals surface area contributed by atoms with Gasteiger partial charge in [-0.15, -0.1) is 0 Å². The maximum absolute atomic E-state index is 13.5. The number of ether oxygens (including phenoxy) is 1. The molecule has 3 unspecified atom stereocenters. The van der Waals surface area contributed by atoms with Gasteiger partial charge in [0, 0.05) is 29.3 Å². The van der Waals surface area contributed by atoms with Crippen LogP contribution in [0.25, 0.3) is 0 Å². The van der Waals surface area contributed by atoms with Crippen LogP contribution in [0, 0.1) is 5.92 Å². The molecule has 1 heterocycles. The summed E-state index contributed by atoms with van der Waals surface area (Å²) in [6.07, 6.45) is 2.75. The minimum absolute atomic E-state index is 0.0174. The third kappa shape index (κ3) is 4.92. The van der Waals surface area contributed by atoms with Crippen LogP contribution in [0.4, 0.5) is 0 Å². The van der Waals surface area contributed by atoms with Gasteiger partial charge in [0.1, 0.15) is 5.92 Å². The van der Waals surface area contributed by atoms with E-state index in [-0.39, 0.29) is 17.7 Å². The molecule has 172 valence electrons. The van der Waals surface area contributed by atoms with E-state index in [0.717, 1.165) is 29.7 Å². The number of ketones is 1. The molecule has 0 bridgehead atoms. The van der Waals surface area contributed by atoms with Crippen LogP contribution < -0.4 is 0 Å². The first kappa shape index (κ1) is 23.7. The Morgan fingerprint density at radius 3 is 2.52 bits per heavy atom. The van der Waals surface area contributed by atoms with Gasteiger partial charge < -0.3 is 4.74 Å². The topological polar surface area (TPSA) is 55.7 Å². The van der Waals surface area contributed by atoms with Crippen LogP contribution in [0.5, 0.6) is 0 Å². The molecule has 1 aliphatic carbocycles. The number of esters is 1. The summed E-state index contributed by atoms with van der Waals surface area (Å²) < 4.78 is 5.59. The summed E-state index contributed by atoms with van der Waals surface area (Å²) in [5.41, 5.74) is 3.91. The molecule has 0 amide bonds. The van der Waals surface area contributed by atoms with Crippen LogP contribution in [0.15, 0.2) is 64.8 Å². The van der Waals surface area contributed by atoms with Gasteiger partial charge in [-0.3, -0.25) is 14.6 Å². The molecule has 0 fully saturated rings. The SMILES string of the molecule is CCCCOC(=O)C1C(C)=NC2=C(C(=O)CC(c3ccccc3)C2)C1c1ccc(Cl)c(Cl)c1. The molecule has 0 aromatic heterocycles. The average molecular weight is 484 g/mol. The summed E-state index contributed by atoms with van der Waals surface area (Å²) >= 11 is 12.5. The average Bonchev–Trinajstić information content (AvgIpc) is 2.80. The fraction of sp³-hybridized carbons (Fsp3) is 0.370. The Bertz CT molecular complexity index is 1120. The van der Waals surface area contributed by atoms with Crippen LogP contribution in [0.2, 0.25) is 10.0 Å². The monoisotopic (exact) mass is 483 g/mol. The molecular weight excluding hydrogens is 457 g/mol. The Hall–Kier alpha value is -2.43. The molecule has 3 atom stereocenters. The molecule has 0 radical (unpaired) electrons. The number of halogens is 2. The number of carbonyl (C=O) groups is 2. The second kappa shape index (κ2) is 10.2. The first-order chi connectivity index (χ1) is 15.9. The van der Waals surface area contributed by atoms with Crippen LogP contribution in [0.1, 0.15) is 62.5 Å². The van der Waals surface area contributed by atoms with Gasteiger partial charge in [-0.2, -0.15) is 0 Å². The Balaban J connectivity index is 1.77. The number of allylic oxidation sites excluding steroid dienone is 2. The maximum Gasteiger partial charge on any atom is 0.315 e. The summed E-state index contributed by atoms with van der Waals surface area (Å²) in [7, 11) is 0. The standard InChI is InChI=1S/C27H27Cl2NO3/c1-3-4-12-33-27(32)24-16(2)30-22-14-19(17-8-6-5-7-9-17)15-23(31)26(22)25(24)18-10-11-20(28)21(29)13-18/h5-11,13,19,24-25H,3-4,12,14-15H2,1-2H3. The summed E-state index contributed by atoms with van der Waals surface area (Å²) in [5, 5.41) is 0.817. The van der Waals surface area contributed by atoms with E-state index in [1.54, 1.807) is 12.1 Å². The molecule has 4 nitrogen and oxygen atoms in total. The normalized spacial score (nSPS) is 22.6. The van der Waals surface area contributed by atoms with E-state index in [2.05, 4.69) is 0 Å². The van der Waals surface area contributed by atoms with Crippen molar-refractivity contribution < 1.29 is 14.3 Å². The lowest BCUT2D eigenvalue weighted by Crippen LogP contribution is -2.38. The highest BCUT2D eigenvalue weighted by molar-refractivity contribution is 6.42. The number of Topliss-reactive ketones (excluding diaryl/α,β-unsaturated/α-hetero) is 1. The highest BCUT2D eigenvalue weighted by Gasteiger charge is 2.44. The largest absolute Gasteiger partial charge is 0.465 e. The highest BCUT2D eigenvalue weighted by Crippen LogP contribution is 2.47. The molecule has 2 aliphatic rings. The molecule has 0 saturated heterocycles. The summed E-state index contributed by atoms with van der Waals surface area (Å²) in [5.74, 6) is -1.44. The van der Waals surface area contributed by atoms with Crippen molar-refractivity contribution in [3.8, 4) is 0 Å². The van der Waals surface area contributed by atoms with Gasteiger partial charge >= 0.3 is 5.97 Å². The van der Waals surface area contributed by atoms with Crippen molar-refractivity contribution in [2.24, 2.45) is 10.9 Å². The molecule has 2 aromatic carbocycles. The summed E-state index contributed by atoms with van der Waals surface area (Å²) in [6.45, 7) is 4.24.